The number of carbonyl (C=O) groups excluding carboxylic acids is 1. The number of nitrogens with zero attached hydrogens (tertiary/aromatic N) is 3. The van der Waals surface area contributed by atoms with Crippen LogP contribution in [0.4, 0.5) is 4.79 Å². The van der Waals surface area contributed by atoms with Gasteiger partial charge in [0.15, 0.2) is 17.8 Å². The zero-order valence-corrected chi connectivity index (χ0v) is 30.9. The fourth-order valence-corrected chi connectivity index (χ4v) is 9.83. The highest BCUT2D eigenvalue weighted by molar-refractivity contribution is 7.89. The molecule has 1 aliphatic carbocycles. The Balaban J connectivity index is 1.07. The third kappa shape index (κ3) is 7.70. The van der Waals surface area contributed by atoms with E-state index in [4.69, 9.17) is 33.2 Å². The summed E-state index contributed by atoms with van der Waals surface area (Å²) in [5.41, 5.74) is 0.642. The lowest BCUT2D eigenvalue weighted by Gasteiger charge is -2.34. The fraction of sp³-hybridized carbons (Fsp3) is 0.538. The molecule has 0 radical (unpaired) electrons. The van der Waals surface area contributed by atoms with Crippen molar-refractivity contribution in [2.45, 2.75) is 94.1 Å². The van der Waals surface area contributed by atoms with Crippen molar-refractivity contribution < 1.29 is 46.4 Å². The lowest BCUT2D eigenvalue weighted by Crippen LogP contribution is -2.51. The Morgan fingerprint density at radius 3 is 2.58 bits per heavy atom. The number of carbonyl (C=O) groups is 1. The summed E-state index contributed by atoms with van der Waals surface area (Å²) < 4.78 is 71.9. The summed E-state index contributed by atoms with van der Waals surface area (Å²) in [7, 11) is -4.00. The predicted molar refractivity (Wildman–Crippen MR) is 191 cm³/mol. The van der Waals surface area contributed by atoms with Crippen molar-refractivity contribution in [3.8, 4) is 17.2 Å². The van der Waals surface area contributed by atoms with E-state index in [9.17, 15) is 13.2 Å². The average molecular weight is 750 g/mol. The van der Waals surface area contributed by atoms with Gasteiger partial charge in [-0.3, -0.25) is 9.88 Å². The van der Waals surface area contributed by atoms with Crippen molar-refractivity contribution in [1.82, 2.24) is 14.2 Å². The van der Waals surface area contributed by atoms with Gasteiger partial charge in [0.25, 0.3) is 0 Å². The largest absolute Gasteiger partial charge is 0.487 e. The summed E-state index contributed by atoms with van der Waals surface area (Å²) in [4.78, 5) is 20.4. The number of aromatic nitrogens is 1. The molecule has 8 rings (SSSR count). The van der Waals surface area contributed by atoms with Gasteiger partial charge >= 0.3 is 6.09 Å². The van der Waals surface area contributed by atoms with Crippen LogP contribution in [0.5, 0.6) is 17.2 Å². The summed E-state index contributed by atoms with van der Waals surface area (Å²) >= 11 is 0. The summed E-state index contributed by atoms with van der Waals surface area (Å²) in [5, 5.41) is 0. The highest BCUT2D eigenvalue weighted by Crippen LogP contribution is 2.40. The van der Waals surface area contributed by atoms with Crippen LogP contribution in [-0.4, -0.2) is 92.1 Å². The molecule has 1 aromatic heterocycles. The molecular formula is C39H47N3O10S. The van der Waals surface area contributed by atoms with E-state index in [1.165, 1.54) is 6.07 Å². The maximum Gasteiger partial charge on any atom is 0.412 e. The van der Waals surface area contributed by atoms with Crippen molar-refractivity contribution >= 4 is 16.1 Å². The molecule has 5 heterocycles. The van der Waals surface area contributed by atoms with Crippen molar-refractivity contribution in [2.75, 3.05) is 33.1 Å². The molecule has 3 aromatic rings. The molecule has 0 bridgehead atoms. The second-order valence-electron chi connectivity index (χ2n) is 14.9. The van der Waals surface area contributed by atoms with Crippen molar-refractivity contribution in [3.05, 3.63) is 78.1 Å². The van der Waals surface area contributed by atoms with Crippen LogP contribution in [0, 0.1) is 11.8 Å². The van der Waals surface area contributed by atoms with Gasteiger partial charge in [-0.1, -0.05) is 31.0 Å². The zero-order valence-electron chi connectivity index (χ0n) is 30.1. The summed E-state index contributed by atoms with van der Waals surface area (Å²) in [6.45, 7) is 5.24. The van der Waals surface area contributed by atoms with E-state index < -0.39 is 40.1 Å². The first-order valence-electron chi connectivity index (χ1n) is 18.6. The second kappa shape index (κ2) is 15.1. The van der Waals surface area contributed by atoms with Gasteiger partial charge in [0.05, 0.1) is 41.9 Å². The van der Waals surface area contributed by atoms with E-state index in [1.54, 1.807) is 27.5 Å². The summed E-state index contributed by atoms with van der Waals surface area (Å²) in [5.74, 6) is 1.78. The van der Waals surface area contributed by atoms with Crippen LogP contribution in [0.2, 0.25) is 0 Å². The Kier molecular flexibility index (Phi) is 10.2. The first kappa shape index (κ1) is 36.0. The SMILES string of the molecule is CC1(C)OC(CN(CC2CCCC2)S(=O)(=O)c2ccc3c(c2)OCO3)[C@@H](Cc2ccc(OCc3ccccn3)cc2)N1C(=O)OC1CO[C@@H]2OCC[C@H]12. The maximum absolute atomic E-state index is 14.5. The molecule has 13 nitrogen and oxygen atoms in total. The Labute approximate surface area is 310 Å². The molecule has 284 valence electrons. The molecule has 3 saturated heterocycles. The molecule has 4 fully saturated rings. The molecular weight excluding hydrogens is 703 g/mol. The number of benzene rings is 2. The first-order valence-corrected chi connectivity index (χ1v) is 20.0. The number of sulfonamides is 1. The van der Waals surface area contributed by atoms with E-state index in [0.717, 1.165) is 43.4 Å². The first-order chi connectivity index (χ1) is 25.6. The minimum Gasteiger partial charge on any atom is -0.487 e. The van der Waals surface area contributed by atoms with Crippen molar-refractivity contribution in [1.29, 1.82) is 0 Å². The number of hydrogen-bond acceptors (Lipinski definition) is 11. The van der Waals surface area contributed by atoms with E-state index in [-0.39, 0.29) is 43.0 Å². The van der Waals surface area contributed by atoms with Gasteiger partial charge in [-0.05, 0) is 87.4 Å². The molecule has 5 atom stereocenters. The molecule has 1 amide bonds. The van der Waals surface area contributed by atoms with Gasteiger partial charge in [0, 0.05) is 25.4 Å². The van der Waals surface area contributed by atoms with Crippen LogP contribution in [0.3, 0.4) is 0 Å². The quantitative estimate of drug-likeness (QED) is 0.232. The van der Waals surface area contributed by atoms with E-state index in [1.807, 2.05) is 56.3 Å². The predicted octanol–water partition coefficient (Wildman–Crippen LogP) is 5.52. The third-order valence-electron chi connectivity index (χ3n) is 11.0. The minimum absolute atomic E-state index is 0.0350. The zero-order chi connectivity index (χ0) is 36.6. The number of pyridine rings is 1. The van der Waals surface area contributed by atoms with E-state index >= 15 is 0 Å². The Morgan fingerprint density at radius 1 is 0.981 bits per heavy atom. The van der Waals surface area contributed by atoms with Gasteiger partial charge in [-0.15, -0.1) is 0 Å². The second-order valence-corrected chi connectivity index (χ2v) is 16.9. The molecule has 14 heteroatoms. The molecule has 2 unspecified atom stereocenters. The number of hydrogen-bond donors (Lipinski definition) is 0. The van der Waals surface area contributed by atoms with Crippen molar-refractivity contribution in [3.63, 3.8) is 0 Å². The van der Waals surface area contributed by atoms with Crippen LogP contribution in [0.15, 0.2) is 71.8 Å². The van der Waals surface area contributed by atoms with Gasteiger partial charge in [-0.2, -0.15) is 4.31 Å². The standard InChI is InChI=1S/C39H47N3O10S/c1-39(2)42(38(43)51-36-24-48-37-31(36)16-18-46-37)32(19-26-10-12-29(13-11-26)47-23-28-9-5-6-17-40-28)35(52-39)22-41(21-27-7-3-4-8-27)53(44,45)30-14-15-33-34(20-30)50-25-49-33/h5-6,9-15,17,20,27,31-32,35-37H,3-4,7-8,16,18-19,21-25H2,1-2H3/t31-,32-,35?,36?,37+/m1/s1. The molecule has 0 N–H and O–H groups in total. The van der Waals surface area contributed by atoms with Gasteiger partial charge in [0.2, 0.25) is 16.8 Å². The Hall–Kier alpha value is -3.95. The van der Waals surface area contributed by atoms with Crippen LogP contribution in [-0.2, 0) is 42.0 Å². The molecule has 0 spiro atoms. The topological polar surface area (TPSA) is 135 Å². The molecule has 4 aliphatic heterocycles. The lowest BCUT2D eigenvalue weighted by molar-refractivity contribution is -0.0911. The number of amides is 1. The molecule has 2 aromatic carbocycles. The molecule has 1 saturated carbocycles. The number of fused-ring (bicyclic) bond motifs is 2. The Bertz CT molecular complexity index is 1850. The normalized spacial score (nSPS) is 26.3. The van der Waals surface area contributed by atoms with E-state index in [2.05, 4.69) is 4.98 Å². The molecule has 53 heavy (non-hydrogen) atoms. The van der Waals surface area contributed by atoms with Gasteiger partial charge in [-0.25, -0.2) is 13.2 Å². The molecule has 5 aliphatic rings. The fourth-order valence-electron chi connectivity index (χ4n) is 8.28. The van der Waals surface area contributed by atoms with Crippen LogP contribution in [0.25, 0.3) is 0 Å². The highest BCUT2D eigenvalue weighted by Gasteiger charge is 2.53. The average Bonchev–Trinajstić information content (AvgIpc) is 3.99. The maximum atomic E-state index is 14.5. The minimum atomic E-state index is -4.00. The van der Waals surface area contributed by atoms with Crippen LogP contribution >= 0.6 is 0 Å². The van der Waals surface area contributed by atoms with Gasteiger partial charge < -0.3 is 33.2 Å². The van der Waals surface area contributed by atoms with Gasteiger partial charge in [0.1, 0.15) is 24.2 Å². The van der Waals surface area contributed by atoms with Crippen LogP contribution in [0.1, 0.15) is 57.2 Å². The summed E-state index contributed by atoms with van der Waals surface area (Å²) in [6, 6.07) is 17.6. The monoisotopic (exact) mass is 749 g/mol. The summed E-state index contributed by atoms with van der Waals surface area (Å²) in [6.07, 6.45) is 4.88. The third-order valence-corrected chi connectivity index (χ3v) is 12.8. The smallest absolute Gasteiger partial charge is 0.412 e. The highest BCUT2D eigenvalue weighted by atomic mass is 32.2. The van der Waals surface area contributed by atoms with Crippen molar-refractivity contribution in [2.24, 2.45) is 11.8 Å². The number of ether oxygens (including phenoxy) is 7. The van der Waals surface area contributed by atoms with E-state index in [0.29, 0.717) is 43.4 Å². The number of rotatable bonds is 12. The van der Waals surface area contributed by atoms with Crippen LogP contribution < -0.4 is 14.2 Å². The Morgan fingerprint density at radius 2 is 1.79 bits per heavy atom. The lowest BCUT2D eigenvalue weighted by atomic mass is 9.99.